The van der Waals surface area contributed by atoms with E-state index in [0.29, 0.717) is 32.1 Å². The first-order valence-corrected chi connectivity index (χ1v) is 9.54. The second-order valence-corrected chi connectivity index (χ2v) is 7.46. The fourth-order valence-corrected chi connectivity index (χ4v) is 3.14. The molecule has 142 valence electrons. The van der Waals surface area contributed by atoms with Gasteiger partial charge >= 0.3 is 0 Å². The van der Waals surface area contributed by atoms with Crippen LogP contribution >= 0.6 is 31.9 Å². The molecule has 0 aliphatic rings. The van der Waals surface area contributed by atoms with Gasteiger partial charge in [0.05, 0.1) is 15.7 Å². The van der Waals surface area contributed by atoms with E-state index in [1.54, 1.807) is 20.0 Å². The summed E-state index contributed by atoms with van der Waals surface area (Å²) >= 11 is 6.62. The van der Waals surface area contributed by atoms with E-state index >= 15 is 0 Å². The maximum absolute atomic E-state index is 14.4. The zero-order chi connectivity index (χ0) is 20.0. The number of oxazole rings is 1. The first-order chi connectivity index (χ1) is 13.3. The Balaban J connectivity index is 1.69. The van der Waals surface area contributed by atoms with E-state index in [0.717, 1.165) is 0 Å². The van der Waals surface area contributed by atoms with Crippen molar-refractivity contribution in [1.29, 1.82) is 0 Å². The van der Waals surface area contributed by atoms with Crippen molar-refractivity contribution in [3.63, 3.8) is 0 Å². The van der Waals surface area contributed by atoms with Crippen molar-refractivity contribution < 1.29 is 13.6 Å². The summed E-state index contributed by atoms with van der Waals surface area (Å²) in [4.78, 5) is 24.9. The van der Waals surface area contributed by atoms with Gasteiger partial charge in [-0.3, -0.25) is 4.79 Å². The summed E-state index contributed by atoms with van der Waals surface area (Å²) in [5.41, 5.74) is 0.964. The summed E-state index contributed by atoms with van der Waals surface area (Å²) in [6.45, 7) is 3.32. The summed E-state index contributed by atoms with van der Waals surface area (Å²) in [6.07, 6.45) is 1.65. The van der Waals surface area contributed by atoms with Gasteiger partial charge in [0.1, 0.15) is 10.4 Å². The zero-order valence-electron chi connectivity index (χ0n) is 14.5. The van der Waals surface area contributed by atoms with Crippen molar-refractivity contribution in [2.24, 2.45) is 0 Å². The molecule has 8 nitrogen and oxygen atoms in total. The molecule has 4 aromatic rings. The number of amides is 1. The second kappa shape index (κ2) is 7.06. The highest BCUT2D eigenvalue weighted by molar-refractivity contribution is 9.13. The highest BCUT2D eigenvalue weighted by Gasteiger charge is 2.18. The highest BCUT2D eigenvalue weighted by Crippen LogP contribution is 2.26. The van der Waals surface area contributed by atoms with Gasteiger partial charge in [0.2, 0.25) is 5.76 Å². The Labute approximate surface area is 174 Å². The van der Waals surface area contributed by atoms with Crippen molar-refractivity contribution in [2.75, 3.05) is 5.32 Å². The fourth-order valence-electron chi connectivity index (χ4n) is 2.60. The molecule has 0 saturated heterocycles. The number of aryl methyl sites for hydroxylation is 2. The van der Waals surface area contributed by atoms with Crippen LogP contribution in [0.4, 0.5) is 10.1 Å². The van der Waals surface area contributed by atoms with Crippen LogP contribution in [0, 0.1) is 19.7 Å². The van der Waals surface area contributed by atoms with Crippen molar-refractivity contribution in [2.45, 2.75) is 13.8 Å². The van der Waals surface area contributed by atoms with Gasteiger partial charge in [-0.05, 0) is 57.0 Å². The lowest BCUT2D eigenvalue weighted by atomic mass is 10.1. The third kappa shape index (κ3) is 3.42. The van der Waals surface area contributed by atoms with Crippen LogP contribution in [0.25, 0.3) is 17.2 Å². The lowest BCUT2D eigenvalue weighted by Gasteiger charge is -2.06. The fraction of sp³-hybridized carbons (Fsp3) is 0.118. The standard InChI is InChI=1S/C17H11Br2FN6O2/c1-7-13(28-8(2)21-7)16(27)22-9-3-4-12(20)10(5-9)15-24-17-23-14(19)11(18)6-26(17)25-15/h3-6H,1-2H3,(H,22,27). The zero-order valence-corrected chi connectivity index (χ0v) is 17.7. The molecule has 3 heterocycles. The van der Waals surface area contributed by atoms with Crippen LogP contribution < -0.4 is 5.32 Å². The third-order valence-electron chi connectivity index (χ3n) is 3.82. The summed E-state index contributed by atoms with van der Waals surface area (Å²) < 4.78 is 22.4. The number of carbonyl (C=O) groups is 1. The molecule has 0 bridgehead atoms. The molecule has 0 unspecified atom stereocenters. The summed E-state index contributed by atoms with van der Waals surface area (Å²) in [5, 5.41) is 6.92. The van der Waals surface area contributed by atoms with Crippen molar-refractivity contribution in [1.82, 2.24) is 24.6 Å². The molecule has 1 aromatic carbocycles. The van der Waals surface area contributed by atoms with Gasteiger partial charge in [-0.1, -0.05) is 0 Å². The van der Waals surface area contributed by atoms with E-state index in [-0.39, 0.29) is 17.1 Å². The van der Waals surface area contributed by atoms with Crippen molar-refractivity contribution >= 4 is 49.2 Å². The van der Waals surface area contributed by atoms with Crippen LogP contribution in [0.15, 0.2) is 37.9 Å². The second-order valence-electron chi connectivity index (χ2n) is 5.86. The smallest absolute Gasteiger partial charge is 0.293 e. The predicted molar refractivity (Wildman–Crippen MR) is 106 cm³/mol. The lowest BCUT2D eigenvalue weighted by molar-refractivity contribution is 0.0994. The number of halogens is 3. The minimum absolute atomic E-state index is 0.105. The maximum atomic E-state index is 14.4. The molecular weight excluding hydrogens is 499 g/mol. The van der Waals surface area contributed by atoms with E-state index in [2.05, 4.69) is 57.2 Å². The van der Waals surface area contributed by atoms with E-state index < -0.39 is 11.7 Å². The number of nitrogens with one attached hydrogen (secondary N) is 1. The van der Waals surface area contributed by atoms with Crippen LogP contribution in [0.5, 0.6) is 0 Å². The summed E-state index contributed by atoms with van der Waals surface area (Å²) in [7, 11) is 0. The first kappa shape index (κ1) is 18.7. The molecule has 0 spiro atoms. The van der Waals surface area contributed by atoms with E-state index in [9.17, 15) is 9.18 Å². The molecule has 0 atom stereocenters. The van der Waals surface area contributed by atoms with Crippen LogP contribution in [0.2, 0.25) is 0 Å². The summed E-state index contributed by atoms with van der Waals surface area (Å²) in [6, 6.07) is 4.12. The van der Waals surface area contributed by atoms with E-state index in [1.807, 2.05) is 0 Å². The number of nitrogens with zero attached hydrogens (tertiary/aromatic N) is 5. The number of hydrogen-bond acceptors (Lipinski definition) is 6. The van der Waals surface area contributed by atoms with Gasteiger partial charge < -0.3 is 9.73 Å². The number of carbonyl (C=O) groups excluding carboxylic acids is 1. The van der Waals surface area contributed by atoms with Gasteiger partial charge in [0, 0.05) is 18.8 Å². The van der Waals surface area contributed by atoms with Gasteiger partial charge in [-0.2, -0.15) is 4.98 Å². The molecule has 0 saturated carbocycles. The Morgan fingerprint density at radius 1 is 1.21 bits per heavy atom. The molecule has 11 heteroatoms. The Morgan fingerprint density at radius 3 is 2.71 bits per heavy atom. The predicted octanol–water partition coefficient (Wildman–Crippen LogP) is 4.31. The molecule has 1 N–H and O–H groups in total. The van der Waals surface area contributed by atoms with Gasteiger partial charge in [-0.25, -0.2) is 18.9 Å². The SMILES string of the molecule is Cc1nc(C)c(C(=O)Nc2ccc(F)c(-c3nc4nc(Br)c(Br)cn4n3)c2)o1. The van der Waals surface area contributed by atoms with Crippen LogP contribution in [-0.2, 0) is 0 Å². The quantitative estimate of drug-likeness (QED) is 0.413. The van der Waals surface area contributed by atoms with Crippen LogP contribution in [0.3, 0.4) is 0 Å². The third-order valence-corrected chi connectivity index (χ3v) is 5.54. The molecule has 4 rings (SSSR count). The van der Waals surface area contributed by atoms with Crippen molar-refractivity contribution in [3.8, 4) is 11.4 Å². The Hall–Kier alpha value is -2.66. The molecule has 0 aliphatic heterocycles. The Kier molecular flexibility index (Phi) is 4.71. The van der Waals surface area contributed by atoms with Crippen LogP contribution in [0.1, 0.15) is 22.1 Å². The number of anilines is 1. The number of rotatable bonds is 3. The van der Waals surface area contributed by atoms with Gasteiger partial charge in [0.15, 0.2) is 11.7 Å². The molecule has 1 amide bonds. The average Bonchev–Trinajstić information content (AvgIpc) is 3.19. The monoisotopic (exact) mass is 508 g/mol. The van der Waals surface area contributed by atoms with Crippen molar-refractivity contribution in [3.05, 3.63) is 56.6 Å². The first-order valence-electron chi connectivity index (χ1n) is 7.95. The number of benzene rings is 1. The molecular formula is C17H11Br2FN6O2. The molecule has 0 fully saturated rings. The van der Waals surface area contributed by atoms with Gasteiger partial charge in [-0.15, -0.1) is 5.10 Å². The molecule has 0 radical (unpaired) electrons. The largest absolute Gasteiger partial charge is 0.436 e. The molecule has 3 aromatic heterocycles. The highest BCUT2D eigenvalue weighted by atomic mass is 79.9. The van der Waals surface area contributed by atoms with Crippen LogP contribution in [-0.4, -0.2) is 30.5 Å². The summed E-state index contributed by atoms with van der Waals surface area (Å²) in [5.74, 6) is -0.0781. The number of hydrogen-bond donors (Lipinski definition) is 1. The minimum Gasteiger partial charge on any atom is -0.436 e. The number of fused-ring (bicyclic) bond motifs is 1. The van der Waals surface area contributed by atoms with Gasteiger partial charge in [0.25, 0.3) is 11.7 Å². The topological polar surface area (TPSA) is 98.2 Å². The van der Waals surface area contributed by atoms with E-state index in [4.69, 9.17) is 4.42 Å². The maximum Gasteiger partial charge on any atom is 0.293 e. The Morgan fingerprint density at radius 2 is 2.00 bits per heavy atom. The Bertz CT molecular complexity index is 1200. The normalized spacial score (nSPS) is 11.2. The minimum atomic E-state index is -0.529. The lowest BCUT2D eigenvalue weighted by Crippen LogP contribution is -2.12. The van der Waals surface area contributed by atoms with E-state index in [1.165, 1.54) is 22.7 Å². The molecule has 0 aliphatic carbocycles. The number of aromatic nitrogens is 5. The molecule has 28 heavy (non-hydrogen) atoms. The average molecular weight is 510 g/mol.